The minimum Gasteiger partial charge on any atom is -0.492 e. The van der Waals surface area contributed by atoms with E-state index in [4.69, 9.17) is 4.74 Å². The molecule has 0 aliphatic rings. The maximum Gasteiger partial charge on any atom is 0.261 e. The molecule has 0 saturated carbocycles. The van der Waals surface area contributed by atoms with E-state index in [1.165, 1.54) is 25.1 Å². The Morgan fingerprint density at radius 3 is 2.44 bits per heavy atom. The lowest BCUT2D eigenvalue weighted by molar-refractivity contribution is -0.114. The lowest BCUT2D eigenvalue weighted by Gasteiger charge is -2.14. The van der Waals surface area contributed by atoms with Crippen LogP contribution in [-0.4, -0.2) is 20.9 Å². The van der Waals surface area contributed by atoms with Crippen molar-refractivity contribution in [2.45, 2.75) is 32.6 Å². The zero-order valence-corrected chi connectivity index (χ0v) is 15.5. The van der Waals surface area contributed by atoms with Gasteiger partial charge in [0.25, 0.3) is 10.0 Å². The summed E-state index contributed by atoms with van der Waals surface area (Å²) in [6.07, 6.45) is 0. The molecule has 2 aromatic carbocycles. The van der Waals surface area contributed by atoms with E-state index < -0.39 is 10.0 Å². The molecule has 1 amide bonds. The zero-order valence-electron chi connectivity index (χ0n) is 14.7. The Hall–Kier alpha value is -2.54. The van der Waals surface area contributed by atoms with Crippen molar-refractivity contribution in [1.29, 1.82) is 0 Å². The first-order valence-electron chi connectivity index (χ1n) is 7.87. The highest BCUT2D eigenvalue weighted by atomic mass is 32.2. The minimum absolute atomic E-state index is 0.0422. The lowest BCUT2D eigenvalue weighted by Crippen LogP contribution is -2.15. The Kier molecular flexibility index (Phi) is 5.69. The second-order valence-electron chi connectivity index (χ2n) is 5.70. The molecule has 0 spiro atoms. The first kappa shape index (κ1) is 18.8. The van der Waals surface area contributed by atoms with Crippen molar-refractivity contribution in [3.05, 3.63) is 47.5 Å². The van der Waals surface area contributed by atoms with E-state index in [1.807, 2.05) is 32.9 Å². The van der Waals surface area contributed by atoms with Crippen LogP contribution in [0.3, 0.4) is 0 Å². The molecule has 0 aliphatic heterocycles. The van der Waals surface area contributed by atoms with Crippen molar-refractivity contribution in [2.24, 2.45) is 0 Å². The van der Waals surface area contributed by atoms with E-state index in [0.717, 1.165) is 11.1 Å². The van der Waals surface area contributed by atoms with E-state index >= 15 is 0 Å². The van der Waals surface area contributed by atoms with Crippen LogP contribution in [0.15, 0.2) is 41.3 Å². The second-order valence-corrected chi connectivity index (χ2v) is 7.38. The van der Waals surface area contributed by atoms with Gasteiger partial charge in [-0.25, -0.2) is 8.42 Å². The smallest absolute Gasteiger partial charge is 0.261 e. The summed E-state index contributed by atoms with van der Waals surface area (Å²) < 4.78 is 33.4. The van der Waals surface area contributed by atoms with Crippen molar-refractivity contribution < 1.29 is 17.9 Å². The maximum absolute atomic E-state index is 12.7. The highest BCUT2D eigenvalue weighted by Crippen LogP contribution is 2.29. The molecule has 134 valence electrons. The minimum atomic E-state index is -3.80. The summed E-state index contributed by atoms with van der Waals surface area (Å²) in [6, 6.07) is 9.92. The molecule has 2 N–H and O–H groups in total. The molecule has 0 bridgehead atoms. The van der Waals surface area contributed by atoms with Crippen LogP contribution in [0.2, 0.25) is 0 Å². The fraction of sp³-hybridized carbons (Fsp3) is 0.278. The van der Waals surface area contributed by atoms with E-state index in [9.17, 15) is 13.2 Å². The van der Waals surface area contributed by atoms with Crippen molar-refractivity contribution >= 4 is 27.3 Å². The molecule has 0 aliphatic carbocycles. The van der Waals surface area contributed by atoms with Crippen LogP contribution < -0.4 is 14.8 Å². The Morgan fingerprint density at radius 1 is 1.08 bits per heavy atom. The van der Waals surface area contributed by atoms with Crippen molar-refractivity contribution in [3.8, 4) is 5.75 Å². The number of amides is 1. The highest BCUT2D eigenvalue weighted by molar-refractivity contribution is 7.92. The summed E-state index contributed by atoms with van der Waals surface area (Å²) in [5.74, 6) is 0.112. The number of aryl methyl sites for hydroxylation is 2. The Bertz CT molecular complexity index is 892. The van der Waals surface area contributed by atoms with Gasteiger partial charge in [0.15, 0.2) is 0 Å². The SMILES string of the molecule is CCOc1ccc(S(=O)(=O)Nc2cc(C)ccc2C)cc1NC(C)=O. The summed E-state index contributed by atoms with van der Waals surface area (Å²) >= 11 is 0. The van der Waals surface area contributed by atoms with Gasteiger partial charge in [-0.1, -0.05) is 12.1 Å². The summed E-state index contributed by atoms with van der Waals surface area (Å²) in [7, 11) is -3.80. The van der Waals surface area contributed by atoms with Crippen molar-refractivity contribution in [1.82, 2.24) is 0 Å². The number of hydrogen-bond donors (Lipinski definition) is 2. The molecule has 0 aromatic heterocycles. The van der Waals surface area contributed by atoms with Gasteiger partial charge in [0.05, 0.1) is 22.9 Å². The molecule has 2 aromatic rings. The fourth-order valence-corrected chi connectivity index (χ4v) is 3.44. The molecule has 7 heteroatoms. The van der Waals surface area contributed by atoms with Gasteiger partial charge in [-0.3, -0.25) is 9.52 Å². The molecular weight excluding hydrogens is 340 g/mol. The molecule has 0 heterocycles. The number of hydrogen-bond acceptors (Lipinski definition) is 4. The predicted molar refractivity (Wildman–Crippen MR) is 98.6 cm³/mol. The first-order valence-corrected chi connectivity index (χ1v) is 9.35. The molecule has 0 fully saturated rings. The standard InChI is InChI=1S/C18H22N2O4S/c1-5-24-18-9-8-15(11-17(18)19-14(4)21)25(22,23)20-16-10-12(2)6-7-13(16)3/h6-11,20H,5H2,1-4H3,(H,19,21). The van der Waals surface area contributed by atoms with E-state index in [2.05, 4.69) is 10.0 Å². The number of carbonyl (C=O) groups is 1. The topological polar surface area (TPSA) is 84.5 Å². The monoisotopic (exact) mass is 362 g/mol. The maximum atomic E-state index is 12.7. The van der Waals surface area contributed by atoms with Crippen LogP contribution in [0.4, 0.5) is 11.4 Å². The van der Waals surface area contributed by atoms with Gasteiger partial charge in [-0.05, 0) is 56.2 Å². The third-order valence-electron chi connectivity index (χ3n) is 3.51. The van der Waals surface area contributed by atoms with Gasteiger partial charge >= 0.3 is 0 Å². The van der Waals surface area contributed by atoms with Gasteiger partial charge in [-0.2, -0.15) is 0 Å². The van der Waals surface area contributed by atoms with E-state index in [1.54, 1.807) is 6.07 Å². The van der Waals surface area contributed by atoms with Crippen LogP contribution in [-0.2, 0) is 14.8 Å². The van der Waals surface area contributed by atoms with Crippen molar-refractivity contribution in [2.75, 3.05) is 16.6 Å². The third kappa shape index (κ3) is 4.73. The Balaban J connectivity index is 2.41. The molecule has 0 radical (unpaired) electrons. The molecule has 0 unspecified atom stereocenters. The quantitative estimate of drug-likeness (QED) is 0.824. The highest BCUT2D eigenvalue weighted by Gasteiger charge is 2.18. The molecule has 0 atom stereocenters. The summed E-state index contributed by atoms with van der Waals surface area (Å²) in [5, 5.41) is 2.60. The lowest BCUT2D eigenvalue weighted by atomic mass is 10.1. The Morgan fingerprint density at radius 2 is 1.80 bits per heavy atom. The van der Waals surface area contributed by atoms with Crippen LogP contribution in [0, 0.1) is 13.8 Å². The number of anilines is 2. The Labute approximate surface area is 148 Å². The van der Waals surface area contributed by atoms with Gasteiger partial charge in [0.2, 0.25) is 5.91 Å². The molecule has 0 saturated heterocycles. The normalized spacial score (nSPS) is 11.0. The second kappa shape index (κ2) is 7.57. The van der Waals surface area contributed by atoms with Crippen LogP contribution in [0.25, 0.3) is 0 Å². The predicted octanol–water partition coefficient (Wildman–Crippen LogP) is 3.46. The largest absolute Gasteiger partial charge is 0.492 e. The molecule has 25 heavy (non-hydrogen) atoms. The number of carbonyl (C=O) groups excluding carboxylic acids is 1. The van der Waals surface area contributed by atoms with Gasteiger partial charge in [0.1, 0.15) is 5.75 Å². The van der Waals surface area contributed by atoms with Gasteiger partial charge in [-0.15, -0.1) is 0 Å². The number of nitrogens with one attached hydrogen (secondary N) is 2. The first-order chi connectivity index (χ1) is 11.7. The average molecular weight is 362 g/mol. The summed E-state index contributed by atoms with van der Waals surface area (Å²) in [4.78, 5) is 11.4. The van der Waals surface area contributed by atoms with Gasteiger partial charge < -0.3 is 10.1 Å². The third-order valence-corrected chi connectivity index (χ3v) is 4.87. The number of rotatable bonds is 6. The van der Waals surface area contributed by atoms with Crippen LogP contribution >= 0.6 is 0 Å². The average Bonchev–Trinajstić information content (AvgIpc) is 2.52. The molecule has 6 nitrogen and oxygen atoms in total. The van der Waals surface area contributed by atoms with E-state index in [0.29, 0.717) is 23.7 Å². The molecule has 2 rings (SSSR count). The number of ether oxygens (including phenoxy) is 1. The number of benzene rings is 2. The molecular formula is C18H22N2O4S. The zero-order chi connectivity index (χ0) is 18.6. The van der Waals surface area contributed by atoms with Gasteiger partial charge in [0, 0.05) is 6.92 Å². The fourth-order valence-electron chi connectivity index (χ4n) is 2.29. The number of sulfonamides is 1. The summed E-state index contributed by atoms with van der Waals surface area (Å²) in [6.45, 7) is 7.29. The van der Waals surface area contributed by atoms with Crippen molar-refractivity contribution in [3.63, 3.8) is 0 Å². The van der Waals surface area contributed by atoms with E-state index in [-0.39, 0.29) is 10.8 Å². The summed E-state index contributed by atoms with van der Waals surface area (Å²) in [5.41, 5.74) is 2.62. The van der Waals surface area contributed by atoms with Crippen LogP contribution in [0.5, 0.6) is 5.75 Å². The van der Waals surface area contributed by atoms with Crippen LogP contribution in [0.1, 0.15) is 25.0 Å².